The van der Waals surface area contributed by atoms with Crippen LogP contribution in [0.2, 0.25) is 0 Å². The highest BCUT2D eigenvalue weighted by molar-refractivity contribution is 5.40. The molecule has 2 aliphatic rings. The summed E-state index contributed by atoms with van der Waals surface area (Å²) in [5.74, 6) is 1.32. The minimum absolute atomic E-state index is 0.298. The lowest BCUT2D eigenvalue weighted by molar-refractivity contribution is -0.137. The molecule has 1 aromatic rings. The molecule has 0 N–H and O–H groups in total. The van der Waals surface area contributed by atoms with Gasteiger partial charge < -0.3 is 9.64 Å². The van der Waals surface area contributed by atoms with Crippen LogP contribution < -0.4 is 4.90 Å². The average Bonchev–Trinajstić information content (AvgIpc) is 2.59. The molecule has 3 rings (SSSR count). The predicted molar refractivity (Wildman–Crippen MR) is 95.2 cm³/mol. The van der Waals surface area contributed by atoms with Gasteiger partial charge in [-0.25, -0.2) is 4.98 Å². The summed E-state index contributed by atoms with van der Waals surface area (Å²) in [5, 5.41) is 0. The van der Waals surface area contributed by atoms with E-state index in [0.717, 1.165) is 57.8 Å². The molecule has 0 radical (unpaired) electrons. The monoisotopic (exact) mass is 371 g/mol. The van der Waals surface area contributed by atoms with Gasteiger partial charge in [0.2, 0.25) is 0 Å². The Balaban J connectivity index is 1.44. The van der Waals surface area contributed by atoms with Gasteiger partial charge in [0.25, 0.3) is 0 Å². The SMILES string of the molecule is CC1CN(CCC2CCN(c3ccc(C(F)(F)F)cn3)CC2)CC(C)O1. The number of halogens is 3. The molecule has 7 heteroatoms. The fourth-order valence-corrected chi connectivity index (χ4v) is 4.02. The number of ether oxygens (including phenoxy) is 1. The third-order valence-electron chi connectivity index (χ3n) is 5.36. The van der Waals surface area contributed by atoms with Crippen molar-refractivity contribution < 1.29 is 17.9 Å². The van der Waals surface area contributed by atoms with Crippen LogP contribution >= 0.6 is 0 Å². The second kappa shape index (κ2) is 8.13. The minimum Gasteiger partial charge on any atom is -0.373 e. The lowest BCUT2D eigenvalue weighted by Crippen LogP contribution is -2.46. The molecule has 0 saturated carbocycles. The Labute approximate surface area is 153 Å². The van der Waals surface area contributed by atoms with Crippen molar-refractivity contribution in [1.29, 1.82) is 0 Å². The summed E-state index contributed by atoms with van der Waals surface area (Å²) >= 11 is 0. The van der Waals surface area contributed by atoms with Crippen molar-refractivity contribution in [2.45, 2.75) is 51.5 Å². The highest BCUT2D eigenvalue weighted by Crippen LogP contribution is 2.30. The first kappa shape index (κ1) is 19.4. The quantitative estimate of drug-likeness (QED) is 0.805. The Bertz CT molecular complexity index is 560. The molecule has 0 amide bonds. The predicted octanol–water partition coefficient (Wildman–Crippen LogP) is 3.82. The second-order valence-corrected chi connectivity index (χ2v) is 7.64. The van der Waals surface area contributed by atoms with E-state index in [2.05, 4.69) is 28.6 Å². The molecule has 2 saturated heterocycles. The molecule has 0 bridgehead atoms. The second-order valence-electron chi connectivity index (χ2n) is 7.64. The number of morpholine rings is 1. The maximum atomic E-state index is 12.6. The molecule has 26 heavy (non-hydrogen) atoms. The molecule has 2 atom stereocenters. The van der Waals surface area contributed by atoms with E-state index in [1.807, 2.05) is 0 Å². The van der Waals surface area contributed by atoms with Gasteiger partial charge in [0.15, 0.2) is 0 Å². The van der Waals surface area contributed by atoms with E-state index in [9.17, 15) is 13.2 Å². The third kappa shape index (κ3) is 5.10. The summed E-state index contributed by atoms with van der Waals surface area (Å²) in [7, 11) is 0. The lowest BCUT2D eigenvalue weighted by atomic mass is 9.93. The number of aromatic nitrogens is 1. The van der Waals surface area contributed by atoms with Crippen LogP contribution in [-0.2, 0) is 10.9 Å². The first-order valence-electron chi connectivity index (χ1n) is 9.47. The van der Waals surface area contributed by atoms with Crippen LogP contribution in [-0.4, -0.2) is 54.8 Å². The Morgan fingerprint density at radius 3 is 2.31 bits per heavy atom. The van der Waals surface area contributed by atoms with Gasteiger partial charge >= 0.3 is 6.18 Å². The fraction of sp³-hybridized carbons (Fsp3) is 0.737. The average molecular weight is 371 g/mol. The normalized spacial score (nSPS) is 26.3. The Morgan fingerprint density at radius 1 is 1.12 bits per heavy atom. The topological polar surface area (TPSA) is 28.6 Å². The van der Waals surface area contributed by atoms with Crippen molar-refractivity contribution in [1.82, 2.24) is 9.88 Å². The number of nitrogens with zero attached hydrogens (tertiary/aromatic N) is 3. The van der Waals surface area contributed by atoms with Gasteiger partial charge in [0, 0.05) is 32.4 Å². The first-order chi connectivity index (χ1) is 12.3. The van der Waals surface area contributed by atoms with E-state index in [0.29, 0.717) is 23.9 Å². The highest BCUT2D eigenvalue weighted by atomic mass is 19.4. The van der Waals surface area contributed by atoms with E-state index in [1.165, 1.54) is 12.5 Å². The maximum Gasteiger partial charge on any atom is 0.417 e. The summed E-state index contributed by atoms with van der Waals surface area (Å²) in [4.78, 5) is 8.60. The highest BCUT2D eigenvalue weighted by Gasteiger charge is 2.31. The number of alkyl halides is 3. The van der Waals surface area contributed by atoms with Crippen molar-refractivity contribution in [3.05, 3.63) is 23.9 Å². The van der Waals surface area contributed by atoms with Crippen LogP contribution in [0, 0.1) is 5.92 Å². The first-order valence-corrected chi connectivity index (χ1v) is 9.47. The van der Waals surface area contributed by atoms with Gasteiger partial charge in [0.05, 0.1) is 17.8 Å². The zero-order chi connectivity index (χ0) is 18.7. The molecule has 2 fully saturated rings. The van der Waals surface area contributed by atoms with E-state index in [1.54, 1.807) is 0 Å². The van der Waals surface area contributed by atoms with Gasteiger partial charge in [-0.3, -0.25) is 4.90 Å². The molecule has 2 aliphatic heterocycles. The molecule has 0 spiro atoms. The van der Waals surface area contributed by atoms with Crippen LogP contribution in [0.4, 0.5) is 19.0 Å². The number of rotatable bonds is 4. The molecule has 0 aliphatic carbocycles. The van der Waals surface area contributed by atoms with Gasteiger partial charge in [-0.1, -0.05) is 0 Å². The van der Waals surface area contributed by atoms with Crippen molar-refractivity contribution >= 4 is 5.82 Å². The molecule has 4 nitrogen and oxygen atoms in total. The Morgan fingerprint density at radius 2 is 1.77 bits per heavy atom. The summed E-state index contributed by atoms with van der Waals surface area (Å²) in [6.07, 6.45) is 0.511. The largest absolute Gasteiger partial charge is 0.417 e. The van der Waals surface area contributed by atoms with Crippen molar-refractivity contribution in [2.75, 3.05) is 37.6 Å². The Hall–Kier alpha value is -1.34. The lowest BCUT2D eigenvalue weighted by Gasteiger charge is -2.37. The van der Waals surface area contributed by atoms with Gasteiger partial charge in [-0.2, -0.15) is 13.2 Å². The summed E-state index contributed by atoms with van der Waals surface area (Å²) in [5.41, 5.74) is -0.690. The van der Waals surface area contributed by atoms with Gasteiger partial charge in [0.1, 0.15) is 5.82 Å². The van der Waals surface area contributed by atoms with E-state index >= 15 is 0 Å². The molecule has 146 valence electrons. The molecule has 3 heterocycles. The van der Waals surface area contributed by atoms with Crippen LogP contribution in [0.5, 0.6) is 0 Å². The summed E-state index contributed by atoms with van der Waals surface area (Å²) in [6.45, 7) is 9.06. The molecule has 1 aromatic heterocycles. The summed E-state index contributed by atoms with van der Waals surface area (Å²) in [6, 6.07) is 2.61. The number of hydrogen-bond acceptors (Lipinski definition) is 4. The maximum absolute atomic E-state index is 12.6. The smallest absolute Gasteiger partial charge is 0.373 e. The van der Waals surface area contributed by atoms with Crippen LogP contribution in [0.15, 0.2) is 18.3 Å². The molecular formula is C19H28F3N3O. The van der Waals surface area contributed by atoms with Gasteiger partial charge in [-0.15, -0.1) is 0 Å². The zero-order valence-electron chi connectivity index (χ0n) is 15.5. The number of hydrogen-bond donors (Lipinski definition) is 0. The van der Waals surface area contributed by atoms with Gasteiger partial charge in [-0.05, 0) is 57.7 Å². The molecular weight excluding hydrogens is 343 g/mol. The van der Waals surface area contributed by atoms with Crippen LogP contribution in [0.1, 0.15) is 38.7 Å². The Kier molecular flexibility index (Phi) is 6.07. The zero-order valence-corrected chi connectivity index (χ0v) is 15.5. The van der Waals surface area contributed by atoms with E-state index in [4.69, 9.17) is 4.74 Å². The number of anilines is 1. The van der Waals surface area contributed by atoms with Crippen LogP contribution in [0.3, 0.4) is 0 Å². The van der Waals surface area contributed by atoms with Crippen molar-refractivity contribution in [3.8, 4) is 0 Å². The third-order valence-corrected chi connectivity index (χ3v) is 5.36. The van der Waals surface area contributed by atoms with Crippen LogP contribution in [0.25, 0.3) is 0 Å². The van der Waals surface area contributed by atoms with E-state index < -0.39 is 11.7 Å². The summed E-state index contributed by atoms with van der Waals surface area (Å²) < 4.78 is 43.7. The number of piperidine rings is 1. The van der Waals surface area contributed by atoms with E-state index in [-0.39, 0.29) is 0 Å². The standard InChI is InChI=1S/C19H28F3N3O/c1-14-12-24(13-15(2)26-14)8-5-16-6-9-25(10-7-16)18-4-3-17(11-23-18)19(20,21)22/h3-4,11,14-16H,5-10,12-13H2,1-2H3. The number of pyridine rings is 1. The fourth-order valence-electron chi connectivity index (χ4n) is 4.02. The van der Waals surface area contributed by atoms with Crippen molar-refractivity contribution in [2.24, 2.45) is 5.92 Å². The minimum atomic E-state index is -4.33. The molecule has 2 unspecified atom stereocenters. The van der Waals surface area contributed by atoms with Crippen molar-refractivity contribution in [3.63, 3.8) is 0 Å². The molecule has 0 aromatic carbocycles.